The Balaban J connectivity index is 1.74. The number of fused-ring (bicyclic) bond motifs is 1. The molecule has 1 aromatic rings. The average Bonchev–Trinajstić information content (AvgIpc) is 2.73. The monoisotopic (exact) mass is 388 g/mol. The predicted octanol–water partition coefficient (Wildman–Crippen LogP) is 3.01. The Hall–Kier alpha value is -2.08. The molecule has 2 aliphatic rings. The zero-order chi connectivity index (χ0) is 19.8. The second-order valence-corrected chi connectivity index (χ2v) is 7.84. The summed E-state index contributed by atoms with van der Waals surface area (Å²) >= 11 is 0. The van der Waals surface area contributed by atoms with Gasteiger partial charge < -0.3 is 19.7 Å². The summed E-state index contributed by atoms with van der Waals surface area (Å²) in [5.41, 5.74) is 0.603. The van der Waals surface area contributed by atoms with E-state index in [9.17, 15) is 9.59 Å². The fourth-order valence-corrected chi connectivity index (χ4v) is 4.07. The molecule has 1 saturated heterocycles. The molecule has 1 aromatic carbocycles. The van der Waals surface area contributed by atoms with Crippen molar-refractivity contribution in [2.45, 2.75) is 45.4 Å². The summed E-state index contributed by atoms with van der Waals surface area (Å²) in [7, 11) is 0. The number of hydrogen-bond acceptors (Lipinski definition) is 4. The number of benzene rings is 1. The lowest BCUT2D eigenvalue weighted by atomic mass is 9.75. The molecule has 6 nitrogen and oxygen atoms in total. The Morgan fingerprint density at radius 3 is 2.71 bits per heavy atom. The Morgan fingerprint density at radius 2 is 1.93 bits per heavy atom. The third-order valence-electron chi connectivity index (χ3n) is 5.92. The van der Waals surface area contributed by atoms with Gasteiger partial charge in [0.05, 0.1) is 18.8 Å². The Bertz CT molecular complexity index is 668. The molecule has 3 rings (SSSR count). The molecule has 0 aliphatic carbocycles. The Morgan fingerprint density at radius 1 is 1.14 bits per heavy atom. The number of likely N-dealkylation sites (tertiary alicyclic amines) is 1. The summed E-state index contributed by atoms with van der Waals surface area (Å²) in [6.07, 6.45) is 5.58. The fraction of sp³-hybridized carbons (Fsp3) is 0.636. The number of carbonyl (C=O) groups excluding carboxylic acids is 2. The molecule has 2 amide bonds. The zero-order valence-corrected chi connectivity index (χ0v) is 16.9. The van der Waals surface area contributed by atoms with Gasteiger partial charge >= 0.3 is 0 Å². The zero-order valence-electron chi connectivity index (χ0n) is 16.9. The Labute approximate surface area is 167 Å². The van der Waals surface area contributed by atoms with Gasteiger partial charge in [0.2, 0.25) is 5.91 Å². The van der Waals surface area contributed by atoms with Crippen LogP contribution in [0.1, 0.15) is 55.8 Å². The minimum absolute atomic E-state index is 0.0399. The molecule has 28 heavy (non-hydrogen) atoms. The van der Waals surface area contributed by atoms with Crippen molar-refractivity contribution in [1.82, 2.24) is 10.2 Å². The lowest BCUT2D eigenvalue weighted by molar-refractivity contribution is -0.133. The molecule has 1 spiro atoms. The highest BCUT2D eigenvalue weighted by molar-refractivity contribution is 5.96. The number of piperidine rings is 1. The molecule has 0 atom stereocenters. The SMILES string of the molecule is CCC(=O)N1CCC2(CCCCOCCNC(=O)c3ccccc3OC2)CC1. The topological polar surface area (TPSA) is 67.9 Å². The van der Waals surface area contributed by atoms with E-state index in [1.807, 2.05) is 30.0 Å². The van der Waals surface area contributed by atoms with E-state index in [-0.39, 0.29) is 17.2 Å². The largest absolute Gasteiger partial charge is 0.492 e. The minimum atomic E-state index is -0.131. The van der Waals surface area contributed by atoms with Crippen molar-refractivity contribution in [1.29, 1.82) is 0 Å². The maximum atomic E-state index is 12.5. The second kappa shape index (κ2) is 9.92. The molecule has 2 heterocycles. The van der Waals surface area contributed by atoms with Crippen LogP contribution in [0, 0.1) is 5.41 Å². The molecule has 1 N–H and O–H groups in total. The van der Waals surface area contributed by atoms with Crippen LogP contribution in [0.2, 0.25) is 0 Å². The molecule has 0 bridgehead atoms. The molecule has 2 aliphatic heterocycles. The van der Waals surface area contributed by atoms with Crippen LogP contribution in [0.5, 0.6) is 5.75 Å². The maximum Gasteiger partial charge on any atom is 0.255 e. The number of nitrogens with zero attached hydrogens (tertiary/aromatic N) is 1. The molecule has 0 radical (unpaired) electrons. The van der Waals surface area contributed by atoms with Gasteiger partial charge in [-0.3, -0.25) is 9.59 Å². The molecular weight excluding hydrogens is 356 g/mol. The van der Waals surface area contributed by atoms with Gasteiger partial charge in [0, 0.05) is 38.1 Å². The van der Waals surface area contributed by atoms with E-state index < -0.39 is 0 Å². The highest BCUT2D eigenvalue weighted by atomic mass is 16.5. The third kappa shape index (κ3) is 5.25. The Kier molecular flexibility index (Phi) is 7.31. The summed E-state index contributed by atoms with van der Waals surface area (Å²) in [5.74, 6) is 0.727. The van der Waals surface area contributed by atoms with Crippen LogP contribution in [-0.4, -0.2) is 56.2 Å². The normalized spacial score (nSPS) is 21.2. The molecule has 0 saturated carbocycles. The number of amides is 2. The summed E-state index contributed by atoms with van der Waals surface area (Å²) in [5, 5.41) is 2.90. The number of hydrogen-bond donors (Lipinski definition) is 1. The van der Waals surface area contributed by atoms with Gasteiger partial charge in [-0.25, -0.2) is 0 Å². The van der Waals surface area contributed by atoms with E-state index in [0.717, 1.165) is 45.2 Å². The first kappa shape index (κ1) is 20.6. The number of nitrogens with one attached hydrogen (secondary N) is 1. The number of carbonyl (C=O) groups is 2. The first-order chi connectivity index (χ1) is 13.6. The van der Waals surface area contributed by atoms with Gasteiger partial charge in [0.1, 0.15) is 5.75 Å². The van der Waals surface area contributed by atoms with Crippen molar-refractivity contribution in [3.8, 4) is 5.75 Å². The molecule has 154 valence electrons. The molecule has 0 aromatic heterocycles. The summed E-state index contributed by atoms with van der Waals surface area (Å²) in [6, 6.07) is 7.41. The van der Waals surface area contributed by atoms with Crippen molar-refractivity contribution in [3.63, 3.8) is 0 Å². The van der Waals surface area contributed by atoms with E-state index in [0.29, 0.717) is 44.1 Å². The van der Waals surface area contributed by atoms with Crippen molar-refractivity contribution < 1.29 is 19.1 Å². The molecular formula is C22H32N2O4. The van der Waals surface area contributed by atoms with Crippen LogP contribution in [0.3, 0.4) is 0 Å². The van der Waals surface area contributed by atoms with E-state index >= 15 is 0 Å². The standard InChI is InChI=1S/C22H32N2O4/c1-2-20(25)24-13-10-22(11-14-24)9-5-6-15-27-16-12-23-21(26)18-7-3-4-8-19(18)28-17-22/h3-4,7-8H,2,5-6,9-17H2,1H3,(H,23,26). The number of rotatable bonds is 1. The van der Waals surface area contributed by atoms with Gasteiger partial charge in [-0.2, -0.15) is 0 Å². The highest BCUT2D eigenvalue weighted by Crippen LogP contribution is 2.38. The van der Waals surface area contributed by atoms with Gasteiger partial charge in [0.25, 0.3) is 5.91 Å². The first-order valence-corrected chi connectivity index (χ1v) is 10.5. The average molecular weight is 389 g/mol. The van der Waals surface area contributed by atoms with Crippen LogP contribution in [-0.2, 0) is 9.53 Å². The minimum Gasteiger partial charge on any atom is -0.492 e. The molecule has 6 heteroatoms. The third-order valence-corrected chi connectivity index (χ3v) is 5.92. The van der Waals surface area contributed by atoms with Gasteiger partial charge in [0.15, 0.2) is 0 Å². The number of ether oxygens (including phenoxy) is 2. The predicted molar refractivity (Wildman–Crippen MR) is 107 cm³/mol. The van der Waals surface area contributed by atoms with Gasteiger partial charge in [-0.1, -0.05) is 25.5 Å². The van der Waals surface area contributed by atoms with Crippen LogP contribution in [0.25, 0.3) is 0 Å². The van der Waals surface area contributed by atoms with Crippen LogP contribution in [0.4, 0.5) is 0 Å². The highest BCUT2D eigenvalue weighted by Gasteiger charge is 2.36. The quantitative estimate of drug-likeness (QED) is 0.803. The van der Waals surface area contributed by atoms with Crippen molar-refractivity contribution >= 4 is 11.8 Å². The van der Waals surface area contributed by atoms with Crippen molar-refractivity contribution in [3.05, 3.63) is 29.8 Å². The lowest BCUT2D eigenvalue weighted by Gasteiger charge is -2.42. The summed E-state index contributed by atoms with van der Waals surface area (Å²) in [4.78, 5) is 26.5. The first-order valence-electron chi connectivity index (χ1n) is 10.5. The van der Waals surface area contributed by atoms with E-state index in [4.69, 9.17) is 9.47 Å². The summed E-state index contributed by atoms with van der Waals surface area (Å²) < 4.78 is 11.9. The van der Waals surface area contributed by atoms with Gasteiger partial charge in [-0.15, -0.1) is 0 Å². The van der Waals surface area contributed by atoms with Crippen molar-refractivity contribution in [2.75, 3.05) is 39.5 Å². The molecule has 1 fully saturated rings. The van der Waals surface area contributed by atoms with E-state index in [2.05, 4.69) is 5.32 Å². The maximum absolute atomic E-state index is 12.5. The second-order valence-electron chi connectivity index (χ2n) is 7.84. The summed E-state index contributed by atoms with van der Waals surface area (Å²) in [6.45, 7) is 5.80. The van der Waals surface area contributed by atoms with Crippen molar-refractivity contribution in [2.24, 2.45) is 5.41 Å². The van der Waals surface area contributed by atoms with Gasteiger partial charge in [-0.05, 0) is 37.8 Å². The van der Waals surface area contributed by atoms with E-state index in [1.54, 1.807) is 6.07 Å². The van der Waals surface area contributed by atoms with Crippen LogP contribution >= 0.6 is 0 Å². The van der Waals surface area contributed by atoms with E-state index in [1.165, 1.54) is 0 Å². The smallest absolute Gasteiger partial charge is 0.255 e. The number of para-hydroxylation sites is 1. The lowest BCUT2D eigenvalue weighted by Crippen LogP contribution is -2.45. The molecule has 0 unspecified atom stereocenters. The fourth-order valence-electron chi connectivity index (χ4n) is 4.07. The van der Waals surface area contributed by atoms with Crippen LogP contribution in [0.15, 0.2) is 24.3 Å². The van der Waals surface area contributed by atoms with Crippen LogP contribution < -0.4 is 10.1 Å².